The number of allylic oxidation sites excluding steroid dienone is 1. The summed E-state index contributed by atoms with van der Waals surface area (Å²) in [6, 6.07) is 0. The summed E-state index contributed by atoms with van der Waals surface area (Å²) in [5.74, 6) is 5.80. The molecule has 1 atom stereocenters. The molecule has 0 N–H and O–H groups in total. The summed E-state index contributed by atoms with van der Waals surface area (Å²) in [4.78, 5) is 0. The predicted molar refractivity (Wildman–Crippen MR) is 72.8 cm³/mol. The minimum atomic E-state index is 0.617. The Labute approximate surface area is 97.1 Å². The number of hydrogen-bond donors (Lipinski definition) is 0. The maximum atomic E-state index is 2.44. The van der Waals surface area contributed by atoms with Gasteiger partial charge >= 0.3 is 0 Å². The summed E-state index contributed by atoms with van der Waals surface area (Å²) in [5.41, 5.74) is 0. The smallest absolute Gasteiger partial charge is 0.00666 e. The summed E-state index contributed by atoms with van der Waals surface area (Å²) in [7, 11) is 0.617. The van der Waals surface area contributed by atoms with E-state index in [-0.39, 0.29) is 0 Å². The Hall–Kier alpha value is -0.0400. The lowest BCUT2D eigenvalue weighted by molar-refractivity contribution is 0.237. The van der Waals surface area contributed by atoms with Crippen LogP contribution in [0.1, 0.15) is 39.5 Å². The molecule has 15 heavy (non-hydrogen) atoms. The summed E-state index contributed by atoms with van der Waals surface area (Å²) >= 11 is 0. The molecule has 0 radical (unpaired) electrons. The summed E-state index contributed by atoms with van der Waals surface area (Å²) in [6.07, 6.45) is 10.6. The van der Waals surface area contributed by atoms with Gasteiger partial charge in [0.1, 0.15) is 0 Å². The van der Waals surface area contributed by atoms with Crippen molar-refractivity contribution in [2.45, 2.75) is 39.5 Å². The molecule has 1 fully saturated rings. The molecule has 0 amide bonds. The average Bonchev–Trinajstić information content (AvgIpc) is 2.71. The first-order valence-electron chi connectivity index (χ1n) is 6.42. The Balaban J connectivity index is 1.74. The summed E-state index contributed by atoms with van der Waals surface area (Å²) in [6.45, 7) is 4.78. The van der Waals surface area contributed by atoms with Gasteiger partial charge in [0.25, 0.3) is 0 Å². The minimum Gasteiger partial charge on any atom is -0.182 e. The van der Waals surface area contributed by atoms with E-state index in [0.29, 0.717) is 10.5 Å². The van der Waals surface area contributed by atoms with E-state index < -0.39 is 0 Å². The van der Waals surface area contributed by atoms with Gasteiger partial charge in [-0.2, -0.15) is 10.5 Å². The first-order valence-corrected chi connectivity index (χ1v) is 8.04. The molecule has 1 aliphatic carbocycles. The fraction of sp³-hybridized carbons (Fsp3) is 0.786. The van der Waals surface area contributed by atoms with Crippen molar-refractivity contribution in [2.75, 3.05) is 11.5 Å². The van der Waals surface area contributed by atoms with Crippen molar-refractivity contribution >= 4 is 15.9 Å². The summed E-state index contributed by atoms with van der Waals surface area (Å²) in [5, 5.41) is 2.44. The van der Waals surface area contributed by atoms with Gasteiger partial charge in [-0.1, -0.05) is 26.0 Å². The van der Waals surface area contributed by atoms with Gasteiger partial charge in [-0.25, -0.2) is 0 Å². The molecule has 1 saturated carbocycles. The first-order chi connectivity index (χ1) is 7.25. The van der Waals surface area contributed by atoms with E-state index in [1.54, 1.807) is 0 Å². The van der Waals surface area contributed by atoms with Crippen LogP contribution in [0.2, 0.25) is 0 Å². The van der Waals surface area contributed by atoms with Gasteiger partial charge in [0, 0.05) is 5.75 Å². The molecular formula is C14H24S. The van der Waals surface area contributed by atoms with E-state index in [1.165, 1.54) is 37.2 Å². The van der Waals surface area contributed by atoms with Crippen molar-refractivity contribution < 1.29 is 0 Å². The third-order valence-electron chi connectivity index (χ3n) is 4.00. The van der Waals surface area contributed by atoms with Crippen molar-refractivity contribution in [1.82, 2.24) is 0 Å². The normalized spacial score (nSPS) is 35.8. The molecular weight excluding hydrogens is 200 g/mol. The van der Waals surface area contributed by atoms with Crippen LogP contribution in [0.15, 0.2) is 12.2 Å². The Morgan fingerprint density at radius 3 is 2.47 bits per heavy atom. The van der Waals surface area contributed by atoms with E-state index in [4.69, 9.17) is 0 Å². The molecule has 0 aromatic rings. The lowest BCUT2D eigenvalue weighted by atomic mass is 9.78. The standard InChI is InChI=1S/C14H24S/c1-12(2)14-7-5-13(6-8-14)11-15-9-3-4-10-15/h3-4,9,12-14H,5-8,10-11H2,1-2H3. The van der Waals surface area contributed by atoms with Crippen molar-refractivity contribution in [2.24, 2.45) is 17.8 Å². The van der Waals surface area contributed by atoms with Crippen molar-refractivity contribution in [3.8, 4) is 0 Å². The average molecular weight is 224 g/mol. The first kappa shape index (κ1) is 11.4. The van der Waals surface area contributed by atoms with E-state index in [1.807, 2.05) is 0 Å². The SMILES string of the molecule is CC(C)C1CCC(CS2=CC=CC2)CC1. The quantitative estimate of drug-likeness (QED) is 0.633. The van der Waals surface area contributed by atoms with Crippen LogP contribution >= 0.6 is 10.5 Å². The fourth-order valence-electron chi connectivity index (χ4n) is 2.85. The molecule has 1 aliphatic heterocycles. The van der Waals surface area contributed by atoms with Crippen LogP contribution in [-0.4, -0.2) is 16.9 Å². The molecule has 1 heteroatoms. The van der Waals surface area contributed by atoms with Crippen LogP contribution in [0.25, 0.3) is 0 Å². The largest absolute Gasteiger partial charge is 0.182 e. The van der Waals surface area contributed by atoms with Crippen LogP contribution in [0.5, 0.6) is 0 Å². The molecule has 0 aromatic heterocycles. The fourth-order valence-corrected chi connectivity index (χ4v) is 4.84. The van der Waals surface area contributed by atoms with Crippen molar-refractivity contribution in [1.29, 1.82) is 0 Å². The maximum absolute atomic E-state index is 2.44. The lowest BCUT2D eigenvalue weighted by Crippen LogP contribution is -2.20. The van der Waals surface area contributed by atoms with Crippen molar-refractivity contribution in [3.63, 3.8) is 0 Å². The maximum Gasteiger partial charge on any atom is 0.00666 e. The van der Waals surface area contributed by atoms with E-state index >= 15 is 0 Å². The Kier molecular flexibility index (Phi) is 4.07. The lowest BCUT2D eigenvalue weighted by Gasteiger charge is -2.31. The Morgan fingerprint density at radius 2 is 1.93 bits per heavy atom. The minimum absolute atomic E-state index is 0.617. The van der Waals surface area contributed by atoms with E-state index in [0.717, 1.165) is 17.8 Å². The van der Waals surface area contributed by atoms with Gasteiger partial charge in [0.05, 0.1) is 0 Å². The second-order valence-corrected chi connectivity index (χ2v) is 7.47. The molecule has 0 nitrogen and oxygen atoms in total. The van der Waals surface area contributed by atoms with Crippen LogP contribution in [0, 0.1) is 17.8 Å². The monoisotopic (exact) mass is 224 g/mol. The third-order valence-corrected chi connectivity index (χ3v) is 6.06. The van der Waals surface area contributed by atoms with Crippen LogP contribution in [-0.2, 0) is 0 Å². The highest BCUT2D eigenvalue weighted by Crippen LogP contribution is 2.36. The zero-order chi connectivity index (χ0) is 10.7. The summed E-state index contributed by atoms with van der Waals surface area (Å²) < 4.78 is 0. The molecule has 86 valence electrons. The highest BCUT2D eigenvalue weighted by Gasteiger charge is 2.23. The molecule has 1 heterocycles. The van der Waals surface area contributed by atoms with Gasteiger partial charge in [0.2, 0.25) is 0 Å². The predicted octanol–water partition coefficient (Wildman–Crippen LogP) is 4.09. The van der Waals surface area contributed by atoms with Gasteiger partial charge < -0.3 is 0 Å². The van der Waals surface area contributed by atoms with Crippen molar-refractivity contribution in [3.05, 3.63) is 12.2 Å². The van der Waals surface area contributed by atoms with Gasteiger partial charge in [0.15, 0.2) is 0 Å². The van der Waals surface area contributed by atoms with Gasteiger partial charge in [-0.05, 0) is 54.6 Å². The third kappa shape index (κ3) is 3.21. The van der Waals surface area contributed by atoms with E-state index in [2.05, 4.69) is 31.4 Å². The topological polar surface area (TPSA) is 0 Å². The molecule has 0 saturated heterocycles. The number of hydrogen-bond acceptors (Lipinski definition) is 0. The molecule has 2 aliphatic rings. The van der Waals surface area contributed by atoms with Crippen LogP contribution in [0.4, 0.5) is 0 Å². The second kappa shape index (κ2) is 5.34. The Bertz CT molecular complexity index is 255. The molecule has 0 spiro atoms. The van der Waals surface area contributed by atoms with Gasteiger partial charge in [-0.15, -0.1) is 0 Å². The molecule has 0 bridgehead atoms. The van der Waals surface area contributed by atoms with Crippen LogP contribution < -0.4 is 0 Å². The zero-order valence-electron chi connectivity index (χ0n) is 10.1. The molecule has 0 aromatic carbocycles. The number of rotatable bonds is 3. The highest BCUT2D eigenvalue weighted by molar-refractivity contribution is 8.15. The highest BCUT2D eigenvalue weighted by atomic mass is 32.2. The second-order valence-electron chi connectivity index (χ2n) is 5.46. The Morgan fingerprint density at radius 1 is 1.20 bits per heavy atom. The van der Waals surface area contributed by atoms with E-state index in [9.17, 15) is 0 Å². The van der Waals surface area contributed by atoms with Crippen LogP contribution in [0.3, 0.4) is 0 Å². The molecule has 2 rings (SSSR count). The zero-order valence-corrected chi connectivity index (χ0v) is 10.9. The van der Waals surface area contributed by atoms with Gasteiger partial charge in [-0.3, -0.25) is 0 Å². The molecule has 1 unspecified atom stereocenters.